The second-order valence-electron chi connectivity index (χ2n) is 9.54. The Morgan fingerprint density at radius 3 is 1.40 bits per heavy atom. The van der Waals surface area contributed by atoms with Crippen molar-refractivity contribution in [3.05, 3.63) is 180 Å². The predicted molar refractivity (Wildman–Crippen MR) is 175 cm³/mol. The number of hydrogen-bond acceptors (Lipinski definition) is 0. The molecule has 0 nitrogen and oxygen atoms in total. The molecular formula is C38H29Se2+. The van der Waals surface area contributed by atoms with Crippen LogP contribution in [0.5, 0.6) is 0 Å². The normalized spacial score (nSPS) is 13.2. The standard InChI is InChI=1S/C38H29Se2/c1-5-17-31(18-6-1)35-25-29(26-36(39-35)32-19-7-2-8-20-32)15-13-14-16-30-27-37(33-21-9-3-10-22-33)40-38(28-30)34-23-11-4-12-24-34/h1-13,15-28H,14H2/q+1/b15-13+. The van der Waals surface area contributed by atoms with Crippen molar-refractivity contribution in [3.8, 4) is 20.0 Å². The Bertz CT molecular complexity index is 1580. The summed E-state index contributed by atoms with van der Waals surface area (Å²) in [4.78, 5) is 0. The van der Waals surface area contributed by atoms with Crippen LogP contribution in [0.3, 0.4) is 0 Å². The molecule has 5 aromatic rings. The summed E-state index contributed by atoms with van der Waals surface area (Å²) in [5.74, 6) is 0. The van der Waals surface area contributed by atoms with Gasteiger partial charge in [-0.05, 0) is 0 Å². The Balaban J connectivity index is 1.29. The van der Waals surface area contributed by atoms with Gasteiger partial charge in [-0.25, -0.2) is 0 Å². The summed E-state index contributed by atoms with van der Waals surface area (Å²) in [5, 5.41) is 0. The number of allylic oxidation sites excluding steroid dienone is 5. The van der Waals surface area contributed by atoms with Crippen LogP contribution >= 0.6 is 0 Å². The van der Waals surface area contributed by atoms with E-state index in [1.807, 2.05) is 0 Å². The summed E-state index contributed by atoms with van der Waals surface area (Å²) in [5.41, 5.74) is 7.83. The van der Waals surface area contributed by atoms with Gasteiger partial charge in [-0.2, -0.15) is 0 Å². The van der Waals surface area contributed by atoms with Crippen molar-refractivity contribution in [2.24, 2.45) is 0 Å². The molecule has 0 atom stereocenters. The molecule has 0 saturated carbocycles. The van der Waals surface area contributed by atoms with E-state index in [4.69, 9.17) is 0 Å². The first-order valence-corrected chi connectivity index (χ1v) is 16.9. The summed E-state index contributed by atoms with van der Waals surface area (Å²) in [6.07, 6.45) is 12.6. The molecule has 4 aromatic carbocycles. The quantitative estimate of drug-likeness (QED) is 0.155. The SMILES string of the molecule is C(C/C=C/c1cc(-c2ccccc2)[se+]c(-c2ccccc2)c1)=C1C=C(c2ccccc2)[Se]C(c2ccccc2)=C1. The average Bonchev–Trinajstić information content (AvgIpc) is 3.04. The minimum atomic E-state index is 0.267. The van der Waals surface area contributed by atoms with E-state index in [1.165, 1.54) is 51.2 Å². The van der Waals surface area contributed by atoms with Gasteiger partial charge in [0, 0.05) is 0 Å². The van der Waals surface area contributed by atoms with E-state index in [0.29, 0.717) is 0 Å². The zero-order valence-corrected chi connectivity index (χ0v) is 25.5. The van der Waals surface area contributed by atoms with Gasteiger partial charge in [-0.1, -0.05) is 0 Å². The van der Waals surface area contributed by atoms with Crippen molar-refractivity contribution < 1.29 is 0 Å². The first kappa shape index (κ1) is 26.5. The third kappa shape index (κ3) is 6.68. The molecule has 0 N–H and O–H groups in total. The molecule has 0 aliphatic carbocycles. The second-order valence-corrected chi connectivity index (χ2v) is 14.1. The number of hydrogen-bond donors (Lipinski definition) is 0. The van der Waals surface area contributed by atoms with Gasteiger partial charge in [-0.3, -0.25) is 0 Å². The Hall–Kier alpha value is -3.77. The molecular weight excluding hydrogens is 614 g/mol. The van der Waals surface area contributed by atoms with Crippen molar-refractivity contribution in [1.29, 1.82) is 0 Å². The molecule has 192 valence electrons. The minimum absolute atomic E-state index is 0.267. The fraction of sp³-hybridized carbons (Fsp3) is 0.0263. The molecule has 2 heterocycles. The first-order valence-electron chi connectivity index (χ1n) is 13.5. The van der Waals surface area contributed by atoms with Crippen molar-refractivity contribution in [2.45, 2.75) is 6.42 Å². The average molecular weight is 644 g/mol. The fourth-order valence-electron chi connectivity index (χ4n) is 4.64. The zero-order chi connectivity index (χ0) is 27.0. The third-order valence-electron chi connectivity index (χ3n) is 6.66. The van der Waals surface area contributed by atoms with Crippen LogP contribution in [0.1, 0.15) is 23.1 Å². The third-order valence-corrected chi connectivity index (χ3v) is 11.5. The maximum atomic E-state index is 2.38. The molecule has 0 spiro atoms. The molecule has 2 heteroatoms. The molecule has 0 saturated heterocycles. The number of benzene rings is 4. The van der Waals surface area contributed by atoms with Crippen molar-refractivity contribution in [1.82, 2.24) is 0 Å². The first-order chi connectivity index (χ1) is 19.8. The van der Waals surface area contributed by atoms with Gasteiger partial charge < -0.3 is 0 Å². The van der Waals surface area contributed by atoms with E-state index in [9.17, 15) is 0 Å². The Morgan fingerprint density at radius 2 is 0.950 bits per heavy atom. The summed E-state index contributed by atoms with van der Waals surface area (Å²) >= 11 is 0.538. The Morgan fingerprint density at radius 1 is 0.525 bits per heavy atom. The number of rotatable bonds is 7. The fourth-order valence-corrected chi connectivity index (χ4v) is 9.41. The van der Waals surface area contributed by atoms with Gasteiger partial charge >= 0.3 is 251 Å². The summed E-state index contributed by atoms with van der Waals surface area (Å²) < 4.78 is 5.71. The van der Waals surface area contributed by atoms with Gasteiger partial charge in [0.1, 0.15) is 0 Å². The van der Waals surface area contributed by atoms with Crippen LogP contribution in [-0.4, -0.2) is 29.5 Å². The van der Waals surface area contributed by atoms with E-state index < -0.39 is 0 Å². The Kier molecular flexibility index (Phi) is 8.63. The second kappa shape index (κ2) is 13.1. The molecule has 40 heavy (non-hydrogen) atoms. The van der Waals surface area contributed by atoms with Gasteiger partial charge in [0.05, 0.1) is 0 Å². The molecule has 6 rings (SSSR count). The summed E-state index contributed by atoms with van der Waals surface area (Å²) in [7, 11) is 0. The van der Waals surface area contributed by atoms with Gasteiger partial charge in [0.15, 0.2) is 0 Å². The molecule has 0 unspecified atom stereocenters. The summed E-state index contributed by atoms with van der Waals surface area (Å²) in [6, 6.07) is 48.0. The van der Waals surface area contributed by atoms with Gasteiger partial charge in [0.2, 0.25) is 0 Å². The van der Waals surface area contributed by atoms with Gasteiger partial charge in [0.25, 0.3) is 0 Å². The molecule has 0 bridgehead atoms. The molecule has 0 amide bonds. The molecule has 1 aliphatic heterocycles. The molecule has 0 radical (unpaired) electrons. The predicted octanol–water partition coefficient (Wildman–Crippen LogP) is 9.49. The van der Waals surface area contributed by atoms with Crippen LogP contribution in [-0.2, 0) is 0 Å². The van der Waals surface area contributed by atoms with E-state index in [-0.39, 0.29) is 29.5 Å². The maximum absolute atomic E-state index is 2.38. The van der Waals surface area contributed by atoms with Gasteiger partial charge in [-0.15, -0.1) is 0 Å². The van der Waals surface area contributed by atoms with E-state index in [1.54, 1.807) is 0 Å². The van der Waals surface area contributed by atoms with Crippen LogP contribution < -0.4 is 0 Å². The zero-order valence-electron chi connectivity index (χ0n) is 22.1. The molecule has 1 aliphatic rings. The van der Waals surface area contributed by atoms with Crippen LogP contribution in [0, 0.1) is 0 Å². The van der Waals surface area contributed by atoms with Crippen LogP contribution in [0.25, 0.3) is 35.0 Å². The van der Waals surface area contributed by atoms with E-state index in [2.05, 4.69) is 164 Å². The van der Waals surface area contributed by atoms with Crippen molar-refractivity contribution >= 4 is 44.5 Å². The topological polar surface area (TPSA) is 0 Å². The Labute approximate surface area is 249 Å². The molecule has 0 fully saturated rings. The van der Waals surface area contributed by atoms with E-state index >= 15 is 0 Å². The van der Waals surface area contributed by atoms with Crippen LogP contribution in [0.4, 0.5) is 0 Å². The van der Waals surface area contributed by atoms with Crippen LogP contribution in [0.2, 0.25) is 0 Å². The summed E-state index contributed by atoms with van der Waals surface area (Å²) in [6.45, 7) is 0. The van der Waals surface area contributed by atoms with Crippen molar-refractivity contribution in [3.63, 3.8) is 0 Å². The van der Waals surface area contributed by atoms with E-state index in [0.717, 1.165) is 6.42 Å². The van der Waals surface area contributed by atoms with Crippen LogP contribution in [0.15, 0.2) is 163 Å². The monoisotopic (exact) mass is 645 g/mol. The molecule has 1 aromatic heterocycles. The van der Waals surface area contributed by atoms with Crippen molar-refractivity contribution in [2.75, 3.05) is 0 Å².